The van der Waals surface area contributed by atoms with Gasteiger partial charge in [-0.2, -0.15) is 0 Å². The van der Waals surface area contributed by atoms with Gasteiger partial charge in [-0.25, -0.2) is 4.98 Å². The Bertz CT molecular complexity index is 425. The van der Waals surface area contributed by atoms with E-state index in [1.165, 1.54) is 0 Å². The molecule has 3 rings (SSSR count). The number of aromatic nitrogens is 1. The van der Waals surface area contributed by atoms with Gasteiger partial charge in [-0.05, 0) is 18.6 Å². The van der Waals surface area contributed by atoms with Gasteiger partial charge < -0.3 is 15.4 Å². The molecule has 0 amide bonds. The summed E-state index contributed by atoms with van der Waals surface area (Å²) in [5.41, 5.74) is 6.91. The van der Waals surface area contributed by atoms with Crippen LogP contribution < -0.4 is 10.6 Å². The fourth-order valence-electron chi connectivity index (χ4n) is 2.46. The fraction of sp³-hybridized carbons (Fsp3) is 0.615. The van der Waals surface area contributed by atoms with E-state index in [4.69, 9.17) is 10.5 Å². The molecule has 3 heterocycles. The molecule has 18 heavy (non-hydrogen) atoms. The highest BCUT2D eigenvalue weighted by molar-refractivity contribution is 5.49. The molecule has 1 aromatic rings. The van der Waals surface area contributed by atoms with Crippen molar-refractivity contribution < 1.29 is 4.74 Å². The predicted molar refractivity (Wildman–Crippen MR) is 71.8 cm³/mol. The van der Waals surface area contributed by atoms with Gasteiger partial charge in [-0.1, -0.05) is 6.07 Å². The highest BCUT2D eigenvalue weighted by Gasteiger charge is 2.29. The molecule has 5 heteroatoms. The Labute approximate surface area is 108 Å². The number of nitrogens with zero attached hydrogens (tertiary/aromatic N) is 3. The lowest BCUT2D eigenvalue weighted by Gasteiger charge is -2.42. The van der Waals surface area contributed by atoms with Crippen LogP contribution in [-0.2, 0) is 4.74 Å². The van der Waals surface area contributed by atoms with Crippen LogP contribution in [-0.4, -0.2) is 55.3 Å². The molecule has 2 fully saturated rings. The SMILES string of the molecule is Cc1ccc(N2CCN(C3COC3)CC2)nc1N. The van der Waals surface area contributed by atoms with Gasteiger partial charge >= 0.3 is 0 Å². The molecule has 2 N–H and O–H groups in total. The summed E-state index contributed by atoms with van der Waals surface area (Å²) in [5, 5.41) is 0. The Morgan fingerprint density at radius 1 is 1.22 bits per heavy atom. The number of pyridine rings is 1. The van der Waals surface area contributed by atoms with Crippen LogP contribution in [0.1, 0.15) is 5.56 Å². The standard InChI is InChI=1S/C13H20N4O/c1-10-2-3-12(15-13(10)14)17-6-4-16(5-7-17)11-8-18-9-11/h2-3,11H,4-9H2,1H3,(H2,14,15). The Morgan fingerprint density at radius 2 is 1.94 bits per heavy atom. The van der Waals surface area contributed by atoms with Gasteiger partial charge in [0.25, 0.3) is 0 Å². The molecule has 2 aliphatic heterocycles. The van der Waals surface area contributed by atoms with Crippen molar-refractivity contribution in [1.29, 1.82) is 0 Å². The largest absolute Gasteiger partial charge is 0.383 e. The lowest BCUT2D eigenvalue weighted by atomic mass is 10.2. The number of hydrogen-bond acceptors (Lipinski definition) is 5. The number of anilines is 2. The zero-order chi connectivity index (χ0) is 12.5. The molecular formula is C13H20N4O. The summed E-state index contributed by atoms with van der Waals surface area (Å²) in [6.45, 7) is 8.00. The minimum Gasteiger partial charge on any atom is -0.383 e. The third-order valence-electron chi connectivity index (χ3n) is 3.90. The summed E-state index contributed by atoms with van der Waals surface area (Å²) in [4.78, 5) is 9.28. The van der Waals surface area contributed by atoms with Crippen molar-refractivity contribution in [2.45, 2.75) is 13.0 Å². The molecule has 0 bridgehead atoms. The minimum absolute atomic E-state index is 0.641. The summed E-state index contributed by atoms with van der Waals surface area (Å²) in [7, 11) is 0. The molecule has 0 atom stereocenters. The van der Waals surface area contributed by atoms with E-state index in [1.54, 1.807) is 0 Å². The number of aryl methyl sites for hydroxylation is 1. The van der Waals surface area contributed by atoms with Crippen LogP contribution in [0, 0.1) is 6.92 Å². The number of ether oxygens (including phenoxy) is 1. The fourth-order valence-corrected chi connectivity index (χ4v) is 2.46. The summed E-state index contributed by atoms with van der Waals surface area (Å²) in [6.07, 6.45) is 0. The van der Waals surface area contributed by atoms with Crippen LogP contribution in [0.5, 0.6) is 0 Å². The van der Waals surface area contributed by atoms with Gasteiger partial charge in [-0.15, -0.1) is 0 Å². The van der Waals surface area contributed by atoms with Gasteiger partial charge in [0.05, 0.1) is 19.3 Å². The number of hydrogen-bond donors (Lipinski definition) is 1. The highest BCUT2D eigenvalue weighted by atomic mass is 16.5. The molecular weight excluding hydrogens is 228 g/mol. The highest BCUT2D eigenvalue weighted by Crippen LogP contribution is 2.19. The predicted octanol–water partition coefficient (Wildman–Crippen LogP) is 0.493. The van der Waals surface area contributed by atoms with Crippen LogP contribution in [0.4, 0.5) is 11.6 Å². The second-order valence-electron chi connectivity index (χ2n) is 5.09. The van der Waals surface area contributed by atoms with Crippen molar-refractivity contribution in [3.63, 3.8) is 0 Å². The van der Waals surface area contributed by atoms with E-state index in [2.05, 4.69) is 20.9 Å². The van der Waals surface area contributed by atoms with Crippen molar-refractivity contribution >= 4 is 11.6 Å². The van der Waals surface area contributed by atoms with E-state index in [-0.39, 0.29) is 0 Å². The lowest BCUT2D eigenvalue weighted by molar-refractivity contribution is -0.0660. The maximum atomic E-state index is 5.87. The van der Waals surface area contributed by atoms with Gasteiger partial charge in [-0.3, -0.25) is 4.90 Å². The third-order valence-corrected chi connectivity index (χ3v) is 3.90. The van der Waals surface area contributed by atoms with E-state index in [0.717, 1.165) is 50.8 Å². The number of nitrogens with two attached hydrogens (primary N) is 1. The van der Waals surface area contributed by atoms with Crippen molar-refractivity contribution in [2.24, 2.45) is 0 Å². The van der Waals surface area contributed by atoms with E-state index in [9.17, 15) is 0 Å². The molecule has 5 nitrogen and oxygen atoms in total. The van der Waals surface area contributed by atoms with Gasteiger partial charge in [0.15, 0.2) is 0 Å². The second kappa shape index (κ2) is 4.74. The molecule has 0 spiro atoms. The topological polar surface area (TPSA) is 54.6 Å². The van der Waals surface area contributed by atoms with Gasteiger partial charge in [0.1, 0.15) is 11.6 Å². The van der Waals surface area contributed by atoms with Crippen LogP contribution in [0.3, 0.4) is 0 Å². The van der Waals surface area contributed by atoms with Crippen molar-refractivity contribution in [2.75, 3.05) is 50.0 Å². The molecule has 1 aromatic heterocycles. The van der Waals surface area contributed by atoms with Crippen molar-refractivity contribution in [3.8, 4) is 0 Å². The Hall–Kier alpha value is -1.33. The molecule has 98 valence electrons. The van der Waals surface area contributed by atoms with Gasteiger partial charge in [0, 0.05) is 26.2 Å². The van der Waals surface area contributed by atoms with Gasteiger partial charge in [0.2, 0.25) is 0 Å². The molecule has 2 aliphatic rings. The summed E-state index contributed by atoms with van der Waals surface area (Å²) >= 11 is 0. The number of piperazine rings is 1. The van der Waals surface area contributed by atoms with Crippen molar-refractivity contribution in [3.05, 3.63) is 17.7 Å². The Balaban J connectivity index is 1.62. The monoisotopic (exact) mass is 248 g/mol. The molecule has 0 radical (unpaired) electrons. The average molecular weight is 248 g/mol. The Kier molecular flexibility index (Phi) is 3.09. The summed E-state index contributed by atoms with van der Waals surface area (Å²) in [6, 6.07) is 4.75. The Morgan fingerprint density at radius 3 is 2.50 bits per heavy atom. The van der Waals surface area contributed by atoms with E-state index in [0.29, 0.717) is 11.9 Å². The summed E-state index contributed by atoms with van der Waals surface area (Å²) in [5.74, 6) is 1.64. The average Bonchev–Trinajstić information content (AvgIpc) is 2.32. The molecule has 0 aliphatic carbocycles. The van der Waals surface area contributed by atoms with E-state index < -0.39 is 0 Å². The first kappa shape index (κ1) is 11.7. The quantitative estimate of drug-likeness (QED) is 0.825. The van der Waals surface area contributed by atoms with Crippen molar-refractivity contribution in [1.82, 2.24) is 9.88 Å². The third kappa shape index (κ3) is 2.15. The van der Waals surface area contributed by atoms with Crippen LogP contribution in [0.25, 0.3) is 0 Å². The zero-order valence-electron chi connectivity index (χ0n) is 10.8. The van der Waals surface area contributed by atoms with Crippen LogP contribution >= 0.6 is 0 Å². The minimum atomic E-state index is 0.641. The first-order valence-corrected chi connectivity index (χ1v) is 6.54. The second-order valence-corrected chi connectivity index (χ2v) is 5.09. The van der Waals surface area contributed by atoms with E-state index in [1.807, 2.05) is 13.0 Å². The number of rotatable bonds is 2. The lowest BCUT2D eigenvalue weighted by Crippen LogP contribution is -2.56. The van der Waals surface area contributed by atoms with E-state index >= 15 is 0 Å². The smallest absolute Gasteiger partial charge is 0.131 e. The molecule has 0 aromatic carbocycles. The van der Waals surface area contributed by atoms with Crippen LogP contribution in [0.15, 0.2) is 12.1 Å². The maximum absolute atomic E-state index is 5.87. The molecule has 0 saturated carbocycles. The maximum Gasteiger partial charge on any atom is 0.131 e. The normalized spacial score (nSPS) is 21.9. The summed E-state index contributed by atoms with van der Waals surface area (Å²) < 4.78 is 5.24. The first-order chi connectivity index (χ1) is 8.74. The first-order valence-electron chi connectivity index (χ1n) is 6.54. The number of nitrogen functional groups attached to an aromatic ring is 1. The molecule has 2 saturated heterocycles. The molecule has 0 unspecified atom stereocenters. The van der Waals surface area contributed by atoms with Crippen LogP contribution in [0.2, 0.25) is 0 Å². The zero-order valence-corrected chi connectivity index (χ0v) is 10.8.